The minimum Gasteiger partial charge on any atom is -0.494 e. The summed E-state index contributed by atoms with van der Waals surface area (Å²) in [7, 11) is 1.64. The maximum atomic E-state index is 12.3. The lowest BCUT2D eigenvalue weighted by molar-refractivity contribution is -0.120. The topological polar surface area (TPSA) is 64.4 Å². The molecule has 6 heteroatoms. The number of para-hydroxylation sites is 1. The van der Waals surface area contributed by atoms with Gasteiger partial charge in [-0.05, 0) is 43.7 Å². The van der Waals surface area contributed by atoms with Crippen LogP contribution in [0.2, 0.25) is 0 Å². The zero-order valence-corrected chi connectivity index (χ0v) is 15.2. The lowest BCUT2D eigenvalue weighted by atomic mass is 10.1. The Morgan fingerprint density at radius 1 is 1.36 bits per heavy atom. The largest absolute Gasteiger partial charge is 0.494 e. The molecular formula is C19H20N2O3S. The number of benzene rings is 1. The monoisotopic (exact) mass is 356 g/mol. The molecule has 0 bridgehead atoms. The fraction of sp³-hybridized carbons (Fsp3) is 0.263. The lowest BCUT2D eigenvalue weighted by Gasteiger charge is -2.13. The van der Waals surface area contributed by atoms with Crippen molar-refractivity contribution >= 4 is 28.6 Å². The van der Waals surface area contributed by atoms with Crippen molar-refractivity contribution in [1.29, 1.82) is 0 Å². The Labute approximate surface area is 150 Å². The Bertz CT molecular complexity index is 878. The average Bonchev–Trinajstić information content (AvgIpc) is 3.12. The van der Waals surface area contributed by atoms with Gasteiger partial charge in [-0.25, -0.2) is 4.98 Å². The molecule has 0 aliphatic carbocycles. The predicted molar refractivity (Wildman–Crippen MR) is 98.9 cm³/mol. The van der Waals surface area contributed by atoms with Gasteiger partial charge >= 0.3 is 0 Å². The van der Waals surface area contributed by atoms with Gasteiger partial charge in [0.05, 0.1) is 30.2 Å². The van der Waals surface area contributed by atoms with E-state index < -0.39 is 0 Å². The molecule has 0 radical (unpaired) electrons. The van der Waals surface area contributed by atoms with E-state index in [4.69, 9.17) is 9.15 Å². The SMILES string of the molecule is COc1cccc2c(C)cc(S[C@@H](C)C(=O)NCc3ccco3)nc12. The molecule has 0 aliphatic rings. The van der Waals surface area contributed by atoms with Crippen LogP contribution < -0.4 is 10.1 Å². The van der Waals surface area contributed by atoms with E-state index in [0.29, 0.717) is 6.54 Å². The molecule has 1 N–H and O–H groups in total. The summed E-state index contributed by atoms with van der Waals surface area (Å²) >= 11 is 1.43. The van der Waals surface area contributed by atoms with Crippen LogP contribution in [0.4, 0.5) is 0 Å². The molecule has 2 heterocycles. The van der Waals surface area contributed by atoms with Gasteiger partial charge in [0.25, 0.3) is 0 Å². The maximum Gasteiger partial charge on any atom is 0.233 e. The number of hydrogen-bond acceptors (Lipinski definition) is 5. The highest BCUT2D eigenvalue weighted by molar-refractivity contribution is 8.00. The van der Waals surface area contributed by atoms with Crippen LogP contribution >= 0.6 is 11.8 Å². The molecule has 1 atom stereocenters. The van der Waals surface area contributed by atoms with E-state index >= 15 is 0 Å². The highest BCUT2D eigenvalue weighted by atomic mass is 32.2. The molecule has 0 unspecified atom stereocenters. The van der Waals surface area contributed by atoms with Gasteiger partial charge in [-0.1, -0.05) is 23.9 Å². The predicted octanol–water partition coefficient (Wildman–Crippen LogP) is 3.94. The lowest BCUT2D eigenvalue weighted by Crippen LogP contribution is -2.30. The number of aryl methyl sites for hydroxylation is 1. The number of thioether (sulfide) groups is 1. The number of ether oxygens (including phenoxy) is 1. The zero-order chi connectivity index (χ0) is 17.8. The summed E-state index contributed by atoms with van der Waals surface area (Å²) < 4.78 is 10.6. The van der Waals surface area contributed by atoms with Crippen LogP contribution in [-0.2, 0) is 11.3 Å². The maximum absolute atomic E-state index is 12.3. The first-order valence-corrected chi connectivity index (χ1v) is 8.87. The Balaban J connectivity index is 1.74. The molecular weight excluding hydrogens is 336 g/mol. The summed E-state index contributed by atoms with van der Waals surface area (Å²) in [4.78, 5) is 17.0. The van der Waals surface area contributed by atoms with Crippen molar-refractivity contribution in [2.45, 2.75) is 30.7 Å². The van der Waals surface area contributed by atoms with Gasteiger partial charge in [0.2, 0.25) is 5.91 Å². The Kier molecular flexibility index (Phi) is 5.28. The molecule has 25 heavy (non-hydrogen) atoms. The average molecular weight is 356 g/mol. The number of carbonyl (C=O) groups is 1. The van der Waals surface area contributed by atoms with Crippen LogP contribution in [0.1, 0.15) is 18.2 Å². The van der Waals surface area contributed by atoms with Crippen molar-refractivity contribution in [2.24, 2.45) is 0 Å². The third-order valence-electron chi connectivity index (χ3n) is 3.89. The van der Waals surface area contributed by atoms with Gasteiger partial charge in [0, 0.05) is 5.39 Å². The molecule has 3 aromatic rings. The highest BCUT2D eigenvalue weighted by Gasteiger charge is 2.17. The van der Waals surface area contributed by atoms with Gasteiger partial charge in [0.15, 0.2) is 0 Å². The van der Waals surface area contributed by atoms with E-state index in [1.165, 1.54) is 11.8 Å². The molecule has 0 saturated heterocycles. The third-order valence-corrected chi connectivity index (χ3v) is 4.91. The Morgan fingerprint density at radius 2 is 2.20 bits per heavy atom. The standard InChI is InChI=1S/C19H20N2O3S/c1-12-10-17(21-18-15(12)7-4-8-16(18)23-3)25-13(2)19(22)20-11-14-6-5-9-24-14/h4-10,13H,11H2,1-3H3,(H,20,22)/t13-/m0/s1. The first-order chi connectivity index (χ1) is 12.1. The minimum absolute atomic E-state index is 0.0547. The van der Waals surface area contributed by atoms with Crippen molar-refractivity contribution in [2.75, 3.05) is 7.11 Å². The second-order valence-corrected chi connectivity index (χ2v) is 7.05. The minimum atomic E-state index is -0.269. The number of hydrogen-bond donors (Lipinski definition) is 1. The van der Waals surface area contributed by atoms with Crippen LogP contribution in [0, 0.1) is 6.92 Å². The molecule has 0 saturated carbocycles. The fourth-order valence-corrected chi connectivity index (χ4v) is 3.49. The smallest absolute Gasteiger partial charge is 0.233 e. The number of amides is 1. The summed E-state index contributed by atoms with van der Waals surface area (Å²) in [5, 5.41) is 4.46. The van der Waals surface area contributed by atoms with Crippen LogP contribution in [0.15, 0.2) is 52.1 Å². The first-order valence-electron chi connectivity index (χ1n) is 7.99. The molecule has 2 aromatic heterocycles. The normalized spacial score (nSPS) is 12.1. The molecule has 1 aromatic carbocycles. The van der Waals surface area contributed by atoms with Crippen molar-refractivity contribution in [3.05, 3.63) is 54.0 Å². The molecule has 0 spiro atoms. The van der Waals surface area contributed by atoms with Crippen molar-refractivity contribution in [1.82, 2.24) is 10.3 Å². The molecule has 130 valence electrons. The Hall–Kier alpha value is -2.47. The van der Waals surface area contributed by atoms with E-state index in [0.717, 1.165) is 33.0 Å². The van der Waals surface area contributed by atoms with Crippen molar-refractivity contribution < 1.29 is 13.9 Å². The number of fused-ring (bicyclic) bond motifs is 1. The molecule has 3 rings (SSSR count). The fourth-order valence-electron chi connectivity index (χ4n) is 2.55. The highest BCUT2D eigenvalue weighted by Crippen LogP contribution is 2.31. The number of rotatable bonds is 6. The summed E-state index contributed by atoms with van der Waals surface area (Å²) in [5.41, 5.74) is 1.92. The molecule has 0 fully saturated rings. The number of pyridine rings is 1. The zero-order valence-electron chi connectivity index (χ0n) is 14.4. The van der Waals surface area contributed by atoms with Gasteiger partial charge in [-0.15, -0.1) is 0 Å². The van der Waals surface area contributed by atoms with E-state index in [2.05, 4.69) is 10.3 Å². The summed E-state index contributed by atoms with van der Waals surface area (Å²) in [5.74, 6) is 1.41. The molecule has 1 amide bonds. The number of aromatic nitrogens is 1. The van der Waals surface area contributed by atoms with Gasteiger partial charge in [0.1, 0.15) is 17.0 Å². The second-order valence-electron chi connectivity index (χ2n) is 5.69. The van der Waals surface area contributed by atoms with Gasteiger partial charge < -0.3 is 14.5 Å². The Morgan fingerprint density at radius 3 is 2.92 bits per heavy atom. The van der Waals surface area contributed by atoms with E-state index in [1.54, 1.807) is 19.4 Å². The second kappa shape index (κ2) is 7.61. The first kappa shape index (κ1) is 17.4. The van der Waals surface area contributed by atoms with Crippen LogP contribution in [0.25, 0.3) is 10.9 Å². The van der Waals surface area contributed by atoms with Gasteiger partial charge in [-0.3, -0.25) is 4.79 Å². The van der Waals surface area contributed by atoms with E-state index in [1.807, 2.05) is 44.2 Å². The van der Waals surface area contributed by atoms with Crippen LogP contribution in [-0.4, -0.2) is 23.3 Å². The third kappa shape index (κ3) is 3.96. The number of nitrogens with one attached hydrogen (secondary N) is 1. The number of carbonyl (C=O) groups excluding carboxylic acids is 1. The van der Waals surface area contributed by atoms with Crippen molar-refractivity contribution in [3.63, 3.8) is 0 Å². The molecule has 5 nitrogen and oxygen atoms in total. The quantitative estimate of drug-likeness (QED) is 0.678. The molecule has 0 aliphatic heterocycles. The summed E-state index contributed by atoms with van der Waals surface area (Å²) in [6.45, 7) is 4.29. The number of nitrogens with zero attached hydrogens (tertiary/aromatic N) is 1. The van der Waals surface area contributed by atoms with Crippen LogP contribution in [0.5, 0.6) is 5.75 Å². The summed E-state index contributed by atoms with van der Waals surface area (Å²) in [6, 6.07) is 11.5. The van der Waals surface area contributed by atoms with E-state index in [-0.39, 0.29) is 11.2 Å². The van der Waals surface area contributed by atoms with E-state index in [9.17, 15) is 4.79 Å². The van der Waals surface area contributed by atoms with Crippen LogP contribution in [0.3, 0.4) is 0 Å². The number of methoxy groups -OCH3 is 1. The van der Waals surface area contributed by atoms with Gasteiger partial charge in [-0.2, -0.15) is 0 Å². The number of furan rings is 1. The summed E-state index contributed by atoms with van der Waals surface area (Å²) in [6.07, 6.45) is 1.59. The van der Waals surface area contributed by atoms with Crippen molar-refractivity contribution in [3.8, 4) is 5.75 Å².